The standard InChI is InChI=1S/C24H32N4O4/c1-15(2)26-24(30)28-11-10-17-12-21(31-4)22(32-5)13-19(17)20(28)14-25-23(29)27-18-8-6-16(3)7-9-18/h6-9,12-13,15,20H,10-11,14H2,1-5H3,(H,26,30)(H2,25,27,29). The van der Waals surface area contributed by atoms with E-state index in [0.29, 0.717) is 30.2 Å². The van der Waals surface area contributed by atoms with Gasteiger partial charge in [-0.3, -0.25) is 0 Å². The van der Waals surface area contributed by atoms with Crippen LogP contribution in [0.25, 0.3) is 0 Å². The van der Waals surface area contributed by atoms with E-state index in [1.807, 2.05) is 57.2 Å². The second-order valence-electron chi connectivity index (χ2n) is 8.17. The smallest absolute Gasteiger partial charge is 0.319 e. The Labute approximate surface area is 189 Å². The van der Waals surface area contributed by atoms with E-state index in [9.17, 15) is 9.59 Å². The monoisotopic (exact) mass is 440 g/mol. The molecule has 1 heterocycles. The lowest BCUT2D eigenvalue weighted by atomic mass is 9.92. The summed E-state index contributed by atoms with van der Waals surface area (Å²) in [6.07, 6.45) is 0.688. The van der Waals surface area contributed by atoms with Gasteiger partial charge in [0.25, 0.3) is 0 Å². The number of ether oxygens (including phenoxy) is 2. The van der Waals surface area contributed by atoms with Crippen molar-refractivity contribution in [1.29, 1.82) is 0 Å². The first-order valence-electron chi connectivity index (χ1n) is 10.8. The van der Waals surface area contributed by atoms with Gasteiger partial charge < -0.3 is 30.3 Å². The lowest BCUT2D eigenvalue weighted by molar-refractivity contribution is 0.165. The van der Waals surface area contributed by atoms with Gasteiger partial charge in [0.05, 0.1) is 20.3 Å². The van der Waals surface area contributed by atoms with Gasteiger partial charge in [0.15, 0.2) is 11.5 Å². The molecule has 0 saturated carbocycles. The summed E-state index contributed by atoms with van der Waals surface area (Å²) in [7, 11) is 3.18. The molecule has 2 aromatic carbocycles. The second-order valence-corrected chi connectivity index (χ2v) is 8.17. The number of methoxy groups -OCH3 is 2. The number of carbonyl (C=O) groups is 2. The molecule has 0 radical (unpaired) electrons. The van der Waals surface area contributed by atoms with Crippen LogP contribution in [0.4, 0.5) is 15.3 Å². The Hall–Kier alpha value is -3.42. The normalized spacial score (nSPS) is 15.1. The minimum atomic E-state index is -0.346. The number of urea groups is 2. The lowest BCUT2D eigenvalue weighted by Crippen LogP contribution is -2.50. The van der Waals surface area contributed by atoms with Crippen molar-refractivity contribution in [2.24, 2.45) is 0 Å². The quantitative estimate of drug-likeness (QED) is 0.636. The average molecular weight is 441 g/mol. The molecular weight excluding hydrogens is 408 g/mol. The predicted molar refractivity (Wildman–Crippen MR) is 125 cm³/mol. The maximum atomic E-state index is 12.9. The van der Waals surface area contributed by atoms with Gasteiger partial charge in [-0.05, 0) is 62.6 Å². The molecule has 8 nitrogen and oxygen atoms in total. The molecule has 0 spiro atoms. The van der Waals surface area contributed by atoms with Crippen molar-refractivity contribution in [3.05, 3.63) is 53.1 Å². The van der Waals surface area contributed by atoms with Crippen LogP contribution in [0.15, 0.2) is 36.4 Å². The van der Waals surface area contributed by atoms with E-state index in [1.165, 1.54) is 0 Å². The van der Waals surface area contributed by atoms with E-state index in [2.05, 4.69) is 16.0 Å². The van der Waals surface area contributed by atoms with E-state index < -0.39 is 0 Å². The molecule has 1 atom stereocenters. The second kappa shape index (κ2) is 10.3. The van der Waals surface area contributed by atoms with Crippen molar-refractivity contribution in [3.63, 3.8) is 0 Å². The zero-order chi connectivity index (χ0) is 23.3. The van der Waals surface area contributed by atoms with Crippen molar-refractivity contribution in [2.75, 3.05) is 32.6 Å². The van der Waals surface area contributed by atoms with Crippen LogP contribution in [-0.4, -0.2) is 50.3 Å². The number of nitrogens with one attached hydrogen (secondary N) is 3. The number of aryl methyl sites for hydroxylation is 1. The molecule has 0 saturated heterocycles. The molecule has 0 fully saturated rings. The molecule has 2 aromatic rings. The summed E-state index contributed by atoms with van der Waals surface area (Å²) in [6, 6.07) is 10.6. The summed E-state index contributed by atoms with van der Waals surface area (Å²) in [5.41, 5.74) is 3.83. The van der Waals surface area contributed by atoms with E-state index in [4.69, 9.17) is 9.47 Å². The molecule has 8 heteroatoms. The Morgan fingerprint density at radius 1 is 1.09 bits per heavy atom. The highest BCUT2D eigenvalue weighted by atomic mass is 16.5. The molecule has 172 valence electrons. The van der Waals surface area contributed by atoms with Crippen LogP contribution in [-0.2, 0) is 6.42 Å². The fourth-order valence-electron chi connectivity index (χ4n) is 3.82. The molecule has 0 aliphatic carbocycles. The Morgan fingerprint density at radius 2 is 1.75 bits per heavy atom. The number of hydrogen-bond donors (Lipinski definition) is 3. The van der Waals surface area contributed by atoms with Gasteiger partial charge in [0.2, 0.25) is 0 Å². The summed E-state index contributed by atoms with van der Waals surface area (Å²) >= 11 is 0. The first-order chi connectivity index (χ1) is 15.3. The van der Waals surface area contributed by atoms with Gasteiger partial charge in [-0.2, -0.15) is 0 Å². The fourth-order valence-corrected chi connectivity index (χ4v) is 3.82. The zero-order valence-electron chi connectivity index (χ0n) is 19.3. The predicted octanol–water partition coefficient (Wildman–Crippen LogP) is 3.85. The van der Waals surface area contributed by atoms with Crippen molar-refractivity contribution in [3.8, 4) is 11.5 Å². The summed E-state index contributed by atoms with van der Waals surface area (Å²) < 4.78 is 10.9. The van der Waals surface area contributed by atoms with Crippen LogP contribution in [0.3, 0.4) is 0 Å². The van der Waals surface area contributed by atoms with Crippen LogP contribution in [0.5, 0.6) is 11.5 Å². The Bertz CT molecular complexity index is 959. The summed E-state index contributed by atoms with van der Waals surface area (Å²) in [5, 5.41) is 8.71. The molecule has 4 amide bonds. The van der Waals surface area contributed by atoms with Crippen LogP contribution >= 0.6 is 0 Å². The van der Waals surface area contributed by atoms with Crippen LogP contribution in [0.1, 0.15) is 36.6 Å². The summed E-state index contributed by atoms with van der Waals surface area (Å²) in [6.45, 7) is 6.63. The Morgan fingerprint density at radius 3 is 2.38 bits per heavy atom. The highest BCUT2D eigenvalue weighted by molar-refractivity contribution is 5.89. The minimum absolute atomic E-state index is 0.00717. The average Bonchev–Trinajstić information content (AvgIpc) is 2.77. The number of amides is 4. The Kier molecular flexibility index (Phi) is 7.45. The van der Waals surface area contributed by atoms with Gasteiger partial charge >= 0.3 is 12.1 Å². The van der Waals surface area contributed by atoms with E-state index in [1.54, 1.807) is 19.1 Å². The SMILES string of the molecule is COc1cc2c(cc1OC)C(CNC(=O)Nc1ccc(C)cc1)N(C(=O)NC(C)C)CC2. The maximum absolute atomic E-state index is 12.9. The Balaban J connectivity index is 1.83. The lowest BCUT2D eigenvalue weighted by Gasteiger charge is -2.38. The number of benzene rings is 2. The van der Waals surface area contributed by atoms with Gasteiger partial charge in [-0.25, -0.2) is 9.59 Å². The van der Waals surface area contributed by atoms with Gasteiger partial charge in [-0.1, -0.05) is 17.7 Å². The van der Waals surface area contributed by atoms with E-state index >= 15 is 0 Å². The van der Waals surface area contributed by atoms with Crippen molar-refractivity contribution in [2.45, 2.75) is 39.3 Å². The first-order valence-corrected chi connectivity index (χ1v) is 10.8. The third kappa shape index (κ3) is 5.43. The van der Waals surface area contributed by atoms with E-state index in [0.717, 1.165) is 16.7 Å². The van der Waals surface area contributed by atoms with Gasteiger partial charge in [-0.15, -0.1) is 0 Å². The zero-order valence-corrected chi connectivity index (χ0v) is 19.3. The van der Waals surface area contributed by atoms with Crippen molar-refractivity contribution >= 4 is 17.7 Å². The van der Waals surface area contributed by atoms with Crippen molar-refractivity contribution in [1.82, 2.24) is 15.5 Å². The van der Waals surface area contributed by atoms with Crippen LogP contribution < -0.4 is 25.4 Å². The van der Waals surface area contributed by atoms with E-state index in [-0.39, 0.29) is 30.7 Å². The molecule has 1 aliphatic heterocycles. The van der Waals surface area contributed by atoms with Gasteiger partial charge in [0, 0.05) is 24.8 Å². The molecule has 0 aromatic heterocycles. The number of anilines is 1. The molecular formula is C24H32N4O4. The highest BCUT2D eigenvalue weighted by Gasteiger charge is 2.32. The fraction of sp³-hybridized carbons (Fsp3) is 0.417. The third-order valence-electron chi connectivity index (χ3n) is 5.44. The summed E-state index contributed by atoms with van der Waals surface area (Å²) in [4.78, 5) is 27.2. The largest absolute Gasteiger partial charge is 0.493 e. The third-order valence-corrected chi connectivity index (χ3v) is 5.44. The molecule has 32 heavy (non-hydrogen) atoms. The molecule has 1 aliphatic rings. The highest BCUT2D eigenvalue weighted by Crippen LogP contribution is 2.38. The van der Waals surface area contributed by atoms with Crippen molar-refractivity contribution < 1.29 is 19.1 Å². The number of nitrogens with zero attached hydrogens (tertiary/aromatic N) is 1. The number of fused-ring (bicyclic) bond motifs is 1. The maximum Gasteiger partial charge on any atom is 0.319 e. The molecule has 3 N–H and O–H groups in total. The number of hydrogen-bond acceptors (Lipinski definition) is 4. The summed E-state index contributed by atoms with van der Waals surface area (Å²) in [5.74, 6) is 1.24. The van der Waals surface area contributed by atoms with Crippen LogP contribution in [0.2, 0.25) is 0 Å². The minimum Gasteiger partial charge on any atom is -0.493 e. The number of rotatable bonds is 6. The molecule has 1 unspecified atom stereocenters. The first kappa shape index (κ1) is 23.2. The molecule has 3 rings (SSSR count). The molecule has 0 bridgehead atoms. The number of carbonyl (C=O) groups excluding carboxylic acids is 2. The topological polar surface area (TPSA) is 91.9 Å². The van der Waals surface area contributed by atoms with Crippen LogP contribution in [0, 0.1) is 6.92 Å². The van der Waals surface area contributed by atoms with Gasteiger partial charge in [0.1, 0.15) is 0 Å².